The van der Waals surface area contributed by atoms with Crippen molar-refractivity contribution < 1.29 is 9.84 Å². The Labute approximate surface area is 131 Å². The SMILES string of the molecule is COc1ccc(C(O)C2C3CC4CC(C3)CC2C4)cc1Cl. The van der Waals surface area contributed by atoms with E-state index >= 15 is 0 Å². The van der Waals surface area contributed by atoms with Crippen molar-refractivity contribution >= 4 is 11.6 Å². The zero-order chi connectivity index (χ0) is 14.6. The molecule has 1 N–H and O–H groups in total. The minimum atomic E-state index is -0.372. The Morgan fingerprint density at radius 2 is 1.71 bits per heavy atom. The molecule has 4 bridgehead atoms. The molecule has 0 spiro atoms. The summed E-state index contributed by atoms with van der Waals surface area (Å²) >= 11 is 6.23. The van der Waals surface area contributed by atoms with E-state index < -0.39 is 0 Å². The van der Waals surface area contributed by atoms with Crippen LogP contribution in [0.1, 0.15) is 43.8 Å². The summed E-state index contributed by atoms with van der Waals surface area (Å²) < 4.78 is 5.21. The third-order valence-electron chi connectivity index (χ3n) is 6.18. The van der Waals surface area contributed by atoms with E-state index in [1.54, 1.807) is 7.11 Å². The van der Waals surface area contributed by atoms with Crippen LogP contribution in [-0.2, 0) is 0 Å². The van der Waals surface area contributed by atoms with Gasteiger partial charge in [-0.2, -0.15) is 0 Å². The number of methoxy groups -OCH3 is 1. The fourth-order valence-corrected chi connectivity index (χ4v) is 5.84. The molecule has 0 amide bonds. The Bertz CT molecular complexity index is 514. The highest BCUT2D eigenvalue weighted by Gasteiger charge is 2.50. The summed E-state index contributed by atoms with van der Waals surface area (Å²) in [5.74, 6) is 4.43. The average molecular weight is 307 g/mol. The zero-order valence-corrected chi connectivity index (χ0v) is 13.2. The lowest BCUT2D eigenvalue weighted by Gasteiger charge is -2.55. The van der Waals surface area contributed by atoms with Gasteiger partial charge in [-0.25, -0.2) is 0 Å². The first-order valence-electron chi connectivity index (χ1n) is 8.17. The quantitative estimate of drug-likeness (QED) is 0.893. The maximum atomic E-state index is 10.9. The van der Waals surface area contributed by atoms with Crippen LogP contribution < -0.4 is 4.74 Å². The molecule has 4 saturated carbocycles. The third-order valence-corrected chi connectivity index (χ3v) is 6.48. The Balaban J connectivity index is 1.60. The molecule has 4 aliphatic rings. The van der Waals surface area contributed by atoms with Gasteiger partial charge in [-0.1, -0.05) is 17.7 Å². The summed E-state index contributed by atoms with van der Waals surface area (Å²) in [7, 11) is 1.62. The monoisotopic (exact) mass is 306 g/mol. The van der Waals surface area contributed by atoms with Crippen LogP contribution in [0.2, 0.25) is 5.02 Å². The molecule has 1 unspecified atom stereocenters. The molecular formula is C18H23ClO2. The van der Waals surface area contributed by atoms with E-state index in [1.165, 1.54) is 32.1 Å². The zero-order valence-electron chi connectivity index (χ0n) is 12.5. The van der Waals surface area contributed by atoms with Crippen molar-refractivity contribution in [1.82, 2.24) is 0 Å². The molecule has 114 valence electrons. The van der Waals surface area contributed by atoms with Crippen molar-refractivity contribution in [2.45, 2.75) is 38.2 Å². The van der Waals surface area contributed by atoms with Gasteiger partial charge in [0.15, 0.2) is 0 Å². The highest BCUT2D eigenvalue weighted by Crippen LogP contribution is 2.59. The third kappa shape index (κ3) is 2.27. The van der Waals surface area contributed by atoms with Gasteiger partial charge in [-0.15, -0.1) is 0 Å². The number of hydrogen-bond acceptors (Lipinski definition) is 2. The lowest BCUT2D eigenvalue weighted by Crippen LogP contribution is -2.47. The number of hydrogen-bond donors (Lipinski definition) is 1. The molecule has 4 aliphatic carbocycles. The largest absolute Gasteiger partial charge is 0.495 e. The van der Waals surface area contributed by atoms with Gasteiger partial charge in [0, 0.05) is 0 Å². The number of benzene rings is 1. The van der Waals surface area contributed by atoms with Gasteiger partial charge in [0.05, 0.1) is 18.2 Å². The maximum Gasteiger partial charge on any atom is 0.137 e. The first-order valence-corrected chi connectivity index (χ1v) is 8.55. The Hall–Kier alpha value is -0.730. The van der Waals surface area contributed by atoms with Crippen LogP contribution in [0.15, 0.2) is 18.2 Å². The molecule has 1 aromatic carbocycles. The van der Waals surface area contributed by atoms with E-state index in [0.717, 1.165) is 29.2 Å². The number of rotatable bonds is 3. The second-order valence-electron chi connectivity index (χ2n) is 7.35. The second-order valence-corrected chi connectivity index (χ2v) is 7.75. The molecule has 5 rings (SSSR count). The van der Waals surface area contributed by atoms with Crippen LogP contribution in [0.5, 0.6) is 5.75 Å². The summed E-state index contributed by atoms with van der Waals surface area (Å²) in [4.78, 5) is 0. The van der Waals surface area contributed by atoms with Gasteiger partial charge < -0.3 is 9.84 Å². The van der Waals surface area contributed by atoms with Gasteiger partial charge in [0.2, 0.25) is 0 Å². The first kappa shape index (κ1) is 13.9. The van der Waals surface area contributed by atoms with E-state index in [1.807, 2.05) is 18.2 Å². The van der Waals surface area contributed by atoms with Crippen molar-refractivity contribution in [3.8, 4) is 5.75 Å². The number of aliphatic hydroxyl groups excluding tert-OH is 1. The minimum absolute atomic E-state index is 0.372. The summed E-state index contributed by atoms with van der Waals surface area (Å²) in [5.41, 5.74) is 0.957. The van der Waals surface area contributed by atoms with Crippen molar-refractivity contribution in [3.63, 3.8) is 0 Å². The molecule has 1 atom stereocenters. The number of ether oxygens (including phenoxy) is 1. The Kier molecular flexibility index (Phi) is 3.42. The second kappa shape index (κ2) is 5.17. The van der Waals surface area contributed by atoms with E-state index in [9.17, 15) is 5.11 Å². The molecule has 4 fully saturated rings. The molecule has 1 aromatic rings. The Morgan fingerprint density at radius 1 is 1.10 bits per heavy atom. The van der Waals surface area contributed by atoms with Crippen molar-refractivity contribution in [2.24, 2.45) is 29.6 Å². The first-order chi connectivity index (χ1) is 10.2. The number of aliphatic hydroxyl groups is 1. The fraction of sp³-hybridized carbons (Fsp3) is 0.667. The van der Waals surface area contributed by atoms with Crippen LogP contribution in [0, 0.1) is 29.6 Å². The summed E-state index contributed by atoms with van der Waals surface area (Å²) in [6.45, 7) is 0. The molecule has 0 aromatic heterocycles. The van der Waals surface area contributed by atoms with E-state index in [0.29, 0.717) is 16.7 Å². The number of halogens is 1. The normalized spacial score (nSPS) is 38.5. The molecule has 2 nitrogen and oxygen atoms in total. The van der Waals surface area contributed by atoms with Crippen molar-refractivity contribution in [3.05, 3.63) is 28.8 Å². The van der Waals surface area contributed by atoms with E-state index in [2.05, 4.69) is 0 Å². The lowest BCUT2D eigenvalue weighted by molar-refractivity contribution is -0.0908. The molecular weight excluding hydrogens is 284 g/mol. The van der Waals surface area contributed by atoms with Gasteiger partial charge in [-0.3, -0.25) is 0 Å². The van der Waals surface area contributed by atoms with Crippen LogP contribution >= 0.6 is 11.6 Å². The highest BCUT2D eigenvalue weighted by molar-refractivity contribution is 6.32. The predicted octanol–water partition coefficient (Wildman–Crippen LogP) is 4.45. The highest BCUT2D eigenvalue weighted by atomic mass is 35.5. The van der Waals surface area contributed by atoms with Crippen LogP contribution in [0.3, 0.4) is 0 Å². The topological polar surface area (TPSA) is 29.5 Å². The fourth-order valence-electron chi connectivity index (χ4n) is 5.57. The van der Waals surface area contributed by atoms with Crippen LogP contribution in [0.4, 0.5) is 0 Å². The van der Waals surface area contributed by atoms with Gasteiger partial charge in [0.25, 0.3) is 0 Å². The molecule has 21 heavy (non-hydrogen) atoms. The molecule has 0 heterocycles. The predicted molar refractivity (Wildman–Crippen MR) is 83.5 cm³/mol. The van der Waals surface area contributed by atoms with Crippen LogP contribution in [0.25, 0.3) is 0 Å². The summed E-state index contributed by atoms with van der Waals surface area (Å²) in [6.07, 6.45) is 6.40. The standard InChI is InChI=1S/C18H23ClO2/c1-21-16-3-2-12(9-15(16)19)18(20)17-13-5-10-4-11(7-13)8-14(17)6-10/h2-3,9-11,13-14,17-18,20H,4-8H2,1H3. The smallest absolute Gasteiger partial charge is 0.137 e. The summed E-state index contributed by atoms with van der Waals surface area (Å²) in [5, 5.41) is 11.5. The van der Waals surface area contributed by atoms with Gasteiger partial charge >= 0.3 is 0 Å². The lowest BCUT2D eigenvalue weighted by atomic mass is 9.50. The molecule has 0 radical (unpaired) electrons. The van der Waals surface area contributed by atoms with Gasteiger partial charge in [0.1, 0.15) is 5.75 Å². The maximum absolute atomic E-state index is 10.9. The van der Waals surface area contributed by atoms with Crippen molar-refractivity contribution in [2.75, 3.05) is 7.11 Å². The summed E-state index contributed by atoms with van der Waals surface area (Å²) in [6, 6.07) is 5.73. The molecule has 0 saturated heterocycles. The van der Waals surface area contributed by atoms with Crippen LogP contribution in [-0.4, -0.2) is 12.2 Å². The molecule has 0 aliphatic heterocycles. The van der Waals surface area contributed by atoms with Crippen molar-refractivity contribution in [1.29, 1.82) is 0 Å². The average Bonchev–Trinajstić information content (AvgIpc) is 2.45. The Morgan fingerprint density at radius 3 is 2.24 bits per heavy atom. The van der Waals surface area contributed by atoms with Gasteiger partial charge in [-0.05, 0) is 79.4 Å². The minimum Gasteiger partial charge on any atom is -0.495 e. The van der Waals surface area contributed by atoms with E-state index in [4.69, 9.17) is 16.3 Å². The van der Waals surface area contributed by atoms with E-state index in [-0.39, 0.29) is 6.10 Å². The molecule has 3 heteroatoms.